The zero-order chi connectivity index (χ0) is 13.8. The van der Waals surface area contributed by atoms with Gasteiger partial charge in [0, 0.05) is 19.3 Å². The van der Waals surface area contributed by atoms with Gasteiger partial charge in [0.05, 0.1) is 5.56 Å². The van der Waals surface area contributed by atoms with Crippen LogP contribution in [0.5, 0.6) is 0 Å². The molecule has 0 saturated carbocycles. The SMILES string of the molecule is CCC(C)C1CCN(c2ncccc2C(F)F)CC1. The van der Waals surface area contributed by atoms with E-state index in [-0.39, 0.29) is 5.56 Å². The minimum absolute atomic E-state index is 0.0597. The molecule has 0 radical (unpaired) electrons. The van der Waals surface area contributed by atoms with Gasteiger partial charge in [0.2, 0.25) is 0 Å². The van der Waals surface area contributed by atoms with E-state index in [1.54, 1.807) is 12.3 Å². The highest BCUT2D eigenvalue weighted by atomic mass is 19.3. The zero-order valence-electron chi connectivity index (χ0n) is 11.6. The highest BCUT2D eigenvalue weighted by molar-refractivity contribution is 5.47. The quantitative estimate of drug-likeness (QED) is 0.810. The van der Waals surface area contributed by atoms with Gasteiger partial charge in [0.15, 0.2) is 0 Å². The number of anilines is 1. The molecule has 1 aromatic rings. The monoisotopic (exact) mass is 268 g/mol. The van der Waals surface area contributed by atoms with Gasteiger partial charge in [-0.2, -0.15) is 0 Å². The molecule has 2 nitrogen and oxygen atoms in total. The molecule has 0 bridgehead atoms. The number of aromatic nitrogens is 1. The molecule has 4 heteroatoms. The highest BCUT2D eigenvalue weighted by Crippen LogP contribution is 2.32. The van der Waals surface area contributed by atoms with E-state index in [9.17, 15) is 8.78 Å². The smallest absolute Gasteiger partial charge is 0.267 e. The van der Waals surface area contributed by atoms with Crippen LogP contribution in [0.4, 0.5) is 14.6 Å². The summed E-state index contributed by atoms with van der Waals surface area (Å²) in [7, 11) is 0. The lowest BCUT2D eigenvalue weighted by Crippen LogP contribution is -2.36. The van der Waals surface area contributed by atoms with E-state index in [0.29, 0.717) is 5.82 Å². The molecule has 0 aliphatic carbocycles. The van der Waals surface area contributed by atoms with Gasteiger partial charge >= 0.3 is 0 Å². The van der Waals surface area contributed by atoms with E-state index in [4.69, 9.17) is 0 Å². The Morgan fingerprint density at radius 1 is 1.37 bits per heavy atom. The Hall–Kier alpha value is -1.19. The Labute approximate surface area is 113 Å². The molecule has 2 rings (SSSR count). The minimum atomic E-state index is -2.45. The topological polar surface area (TPSA) is 16.1 Å². The van der Waals surface area contributed by atoms with Crippen LogP contribution >= 0.6 is 0 Å². The largest absolute Gasteiger partial charge is 0.356 e. The molecule has 0 spiro atoms. The Bertz CT molecular complexity index is 401. The Morgan fingerprint density at radius 3 is 2.63 bits per heavy atom. The van der Waals surface area contributed by atoms with Crippen molar-refractivity contribution in [2.75, 3.05) is 18.0 Å². The van der Waals surface area contributed by atoms with E-state index >= 15 is 0 Å². The van der Waals surface area contributed by atoms with Crippen molar-refractivity contribution in [1.29, 1.82) is 0 Å². The van der Waals surface area contributed by atoms with Crippen molar-refractivity contribution in [3.63, 3.8) is 0 Å². The van der Waals surface area contributed by atoms with Crippen LogP contribution in [0.1, 0.15) is 45.1 Å². The summed E-state index contributed by atoms with van der Waals surface area (Å²) < 4.78 is 26.0. The number of rotatable bonds is 4. The predicted octanol–water partition coefficient (Wildman–Crippen LogP) is 4.28. The maximum Gasteiger partial charge on any atom is 0.267 e. The van der Waals surface area contributed by atoms with Crippen LogP contribution in [0.25, 0.3) is 0 Å². The molecule has 0 aromatic carbocycles. The molecule has 1 saturated heterocycles. The average molecular weight is 268 g/mol. The van der Waals surface area contributed by atoms with Crippen LogP contribution in [0.15, 0.2) is 18.3 Å². The third-order valence-corrected chi connectivity index (χ3v) is 4.34. The van der Waals surface area contributed by atoms with Crippen molar-refractivity contribution in [2.45, 2.75) is 39.5 Å². The normalized spacial score (nSPS) is 18.9. The number of piperidine rings is 1. The third kappa shape index (κ3) is 3.23. The second-order valence-electron chi connectivity index (χ2n) is 5.43. The molecule has 19 heavy (non-hydrogen) atoms. The first-order valence-electron chi connectivity index (χ1n) is 7.11. The maximum absolute atomic E-state index is 13.0. The number of nitrogens with zero attached hydrogens (tertiary/aromatic N) is 2. The van der Waals surface area contributed by atoms with Gasteiger partial charge in [0.25, 0.3) is 6.43 Å². The average Bonchev–Trinajstić information content (AvgIpc) is 2.46. The zero-order valence-corrected chi connectivity index (χ0v) is 11.6. The molecule has 1 aromatic heterocycles. The Kier molecular flexibility index (Phi) is 4.72. The van der Waals surface area contributed by atoms with Crippen LogP contribution in [0.2, 0.25) is 0 Å². The summed E-state index contributed by atoms with van der Waals surface area (Å²) in [4.78, 5) is 6.17. The fraction of sp³-hybridized carbons (Fsp3) is 0.667. The fourth-order valence-electron chi connectivity index (χ4n) is 2.86. The van der Waals surface area contributed by atoms with Crippen molar-refractivity contribution >= 4 is 5.82 Å². The summed E-state index contributed by atoms with van der Waals surface area (Å²) in [6, 6.07) is 3.06. The lowest BCUT2D eigenvalue weighted by Gasteiger charge is -2.36. The van der Waals surface area contributed by atoms with Crippen LogP contribution in [0, 0.1) is 11.8 Å². The maximum atomic E-state index is 13.0. The van der Waals surface area contributed by atoms with Gasteiger partial charge < -0.3 is 4.90 Å². The minimum Gasteiger partial charge on any atom is -0.356 e. The number of hydrogen-bond donors (Lipinski definition) is 0. The first-order valence-corrected chi connectivity index (χ1v) is 7.11. The van der Waals surface area contributed by atoms with Gasteiger partial charge in [-0.3, -0.25) is 0 Å². The molecule has 1 aliphatic heterocycles. The predicted molar refractivity (Wildman–Crippen MR) is 73.6 cm³/mol. The molecular weight excluding hydrogens is 246 g/mol. The molecule has 1 atom stereocenters. The number of halogens is 2. The van der Waals surface area contributed by atoms with Crippen LogP contribution in [0.3, 0.4) is 0 Å². The Balaban J connectivity index is 2.06. The van der Waals surface area contributed by atoms with Crippen molar-refractivity contribution < 1.29 is 8.78 Å². The number of alkyl halides is 2. The first kappa shape index (κ1) is 14.2. The molecule has 1 unspecified atom stereocenters. The summed E-state index contributed by atoms with van der Waals surface area (Å²) in [6.07, 6.45) is 2.50. The van der Waals surface area contributed by atoms with E-state index in [1.165, 1.54) is 12.5 Å². The lowest BCUT2D eigenvalue weighted by atomic mass is 9.84. The van der Waals surface area contributed by atoms with Crippen molar-refractivity contribution in [2.24, 2.45) is 11.8 Å². The van der Waals surface area contributed by atoms with E-state index in [1.807, 2.05) is 4.90 Å². The second-order valence-corrected chi connectivity index (χ2v) is 5.43. The van der Waals surface area contributed by atoms with Crippen LogP contribution in [-0.4, -0.2) is 18.1 Å². The van der Waals surface area contributed by atoms with Crippen LogP contribution in [-0.2, 0) is 0 Å². The summed E-state index contributed by atoms with van der Waals surface area (Å²) in [5.41, 5.74) is 0.0597. The van der Waals surface area contributed by atoms with Crippen molar-refractivity contribution in [3.05, 3.63) is 23.9 Å². The fourth-order valence-corrected chi connectivity index (χ4v) is 2.86. The summed E-state index contributed by atoms with van der Waals surface area (Å²) in [5, 5.41) is 0. The molecule has 2 heterocycles. The molecule has 0 amide bonds. The summed E-state index contributed by atoms with van der Waals surface area (Å²) in [6.45, 7) is 6.17. The van der Waals surface area contributed by atoms with E-state index < -0.39 is 6.43 Å². The van der Waals surface area contributed by atoms with Crippen molar-refractivity contribution in [1.82, 2.24) is 4.98 Å². The highest BCUT2D eigenvalue weighted by Gasteiger charge is 2.26. The summed E-state index contributed by atoms with van der Waals surface area (Å²) >= 11 is 0. The van der Waals surface area contributed by atoms with Gasteiger partial charge in [0.1, 0.15) is 5.82 Å². The number of hydrogen-bond acceptors (Lipinski definition) is 2. The standard InChI is InChI=1S/C15H22F2N2/c1-3-11(2)12-6-9-19(10-7-12)15-13(14(16)17)5-4-8-18-15/h4-5,8,11-12,14H,3,6-7,9-10H2,1-2H3. The van der Waals surface area contributed by atoms with Crippen LogP contribution < -0.4 is 4.90 Å². The van der Waals surface area contributed by atoms with Gasteiger partial charge in [-0.25, -0.2) is 13.8 Å². The van der Waals surface area contributed by atoms with Gasteiger partial charge in [-0.15, -0.1) is 0 Å². The number of pyridine rings is 1. The van der Waals surface area contributed by atoms with E-state index in [0.717, 1.165) is 37.8 Å². The van der Waals surface area contributed by atoms with Gasteiger partial charge in [-0.1, -0.05) is 20.3 Å². The molecule has 106 valence electrons. The summed E-state index contributed by atoms with van der Waals surface area (Å²) in [5.74, 6) is 1.92. The molecule has 1 aliphatic rings. The molecular formula is C15H22F2N2. The Morgan fingerprint density at radius 2 is 2.05 bits per heavy atom. The van der Waals surface area contributed by atoms with E-state index in [2.05, 4.69) is 18.8 Å². The lowest BCUT2D eigenvalue weighted by molar-refractivity contribution is 0.151. The van der Waals surface area contributed by atoms with Gasteiger partial charge in [-0.05, 0) is 36.8 Å². The first-order chi connectivity index (χ1) is 9.13. The molecule has 0 N–H and O–H groups in total. The third-order valence-electron chi connectivity index (χ3n) is 4.34. The molecule has 1 fully saturated rings. The second kappa shape index (κ2) is 6.31. The van der Waals surface area contributed by atoms with Crippen molar-refractivity contribution in [3.8, 4) is 0 Å².